The average molecular weight is 340 g/mol. The van der Waals surface area contributed by atoms with E-state index in [2.05, 4.69) is 4.72 Å². The van der Waals surface area contributed by atoms with E-state index in [4.69, 9.17) is 17.5 Å². The van der Waals surface area contributed by atoms with Crippen LogP contribution in [0.1, 0.15) is 0 Å². The van der Waals surface area contributed by atoms with E-state index in [1.54, 1.807) is 24.3 Å². The molecule has 5 nitrogen and oxygen atoms in total. The van der Waals surface area contributed by atoms with E-state index in [-0.39, 0.29) is 16.3 Å². The van der Waals surface area contributed by atoms with Crippen LogP contribution in [0.2, 0.25) is 0 Å². The summed E-state index contributed by atoms with van der Waals surface area (Å²) < 4.78 is 42.1. The molecule has 1 heterocycles. The normalized spacial score (nSPS) is 11.7. The minimum Gasteiger partial charge on any atom is -0.399 e. The van der Waals surface area contributed by atoms with Crippen molar-refractivity contribution in [1.82, 2.24) is 4.09 Å². The number of nitrogens with two attached hydrogens (primary N) is 1. The number of hydrogen-bond donors (Lipinski definition) is 2. The summed E-state index contributed by atoms with van der Waals surface area (Å²) in [6.07, 6.45) is 1.27. The van der Waals surface area contributed by atoms with Crippen molar-refractivity contribution in [2.75, 3.05) is 10.5 Å². The predicted molar refractivity (Wildman–Crippen MR) is 84.8 cm³/mol. The molecule has 0 aliphatic heterocycles. The molecule has 0 aliphatic carbocycles. The molecule has 0 radical (unpaired) electrons. The zero-order valence-electron chi connectivity index (χ0n) is 11.1. The van der Waals surface area contributed by atoms with E-state index in [0.717, 1.165) is 6.07 Å². The Morgan fingerprint density at radius 2 is 1.91 bits per heavy atom. The van der Waals surface area contributed by atoms with Crippen LogP contribution in [0, 0.1) is 5.82 Å². The van der Waals surface area contributed by atoms with Gasteiger partial charge < -0.3 is 5.73 Å². The lowest BCUT2D eigenvalue weighted by atomic mass is 10.2. The first kappa shape index (κ1) is 14.7. The zero-order valence-corrected chi connectivity index (χ0v) is 12.7. The first-order valence-corrected chi connectivity index (χ1v) is 8.05. The Morgan fingerprint density at radius 1 is 1.18 bits per heavy atom. The summed E-state index contributed by atoms with van der Waals surface area (Å²) in [4.78, 5) is -0.0330. The third-order valence-corrected chi connectivity index (χ3v) is 4.83. The van der Waals surface area contributed by atoms with E-state index in [1.165, 1.54) is 22.4 Å². The molecule has 0 unspecified atom stereocenters. The zero-order chi connectivity index (χ0) is 15.9. The number of fused-ring (bicyclic) bond motifs is 1. The summed E-state index contributed by atoms with van der Waals surface area (Å²) in [5, 5.41) is 0.445. The van der Waals surface area contributed by atoms with Crippen molar-refractivity contribution in [3.63, 3.8) is 0 Å². The van der Waals surface area contributed by atoms with E-state index >= 15 is 0 Å². The Morgan fingerprint density at radius 3 is 2.64 bits per heavy atom. The number of rotatable bonds is 3. The van der Waals surface area contributed by atoms with Gasteiger partial charge in [-0.1, -0.05) is 18.2 Å². The van der Waals surface area contributed by atoms with E-state index in [9.17, 15) is 12.8 Å². The minimum absolute atomic E-state index is 0.0330. The number of sulfonamides is 1. The summed E-state index contributed by atoms with van der Waals surface area (Å²) in [7, 11) is -3.99. The SMILES string of the molecule is Nc1ccc(NS(=O)(=O)c2cn(Cl)c3ccccc23)c(F)c1. The molecule has 0 aliphatic rings. The highest BCUT2D eigenvalue weighted by atomic mass is 35.5. The van der Waals surface area contributed by atoms with Crippen LogP contribution in [-0.4, -0.2) is 12.5 Å². The molecular weight excluding hydrogens is 329 g/mol. The van der Waals surface area contributed by atoms with Crippen LogP contribution in [0.4, 0.5) is 15.8 Å². The maximum absolute atomic E-state index is 13.8. The first-order valence-electron chi connectivity index (χ1n) is 6.22. The second-order valence-corrected chi connectivity index (χ2v) is 6.68. The lowest BCUT2D eigenvalue weighted by molar-refractivity contribution is 0.599. The Kier molecular flexibility index (Phi) is 3.46. The van der Waals surface area contributed by atoms with E-state index in [1.807, 2.05) is 0 Å². The molecule has 0 atom stereocenters. The van der Waals surface area contributed by atoms with Crippen molar-refractivity contribution >= 4 is 44.1 Å². The molecule has 2 aromatic carbocycles. The van der Waals surface area contributed by atoms with Crippen molar-refractivity contribution in [3.05, 3.63) is 54.5 Å². The van der Waals surface area contributed by atoms with Crippen molar-refractivity contribution in [2.24, 2.45) is 0 Å². The third-order valence-electron chi connectivity index (χ3n) is 3.16. The molecule has 22 heavy (non-hydrogen) atoms. The van der Waals surface area contributed by atoms with Gasteiger partial charge in [0.25, 0.3) is 10.0 Å². The smallest absolute Gasteiger partial charge is 0.264 e. The number of nitrogens with one attached hydrogen (secondary N) is 1. The standard InChI is InChI=1S/C14H11ClFN3O2S/c15-19-8-14(10-3-1-2-4-13(10)19)22(20,21)18-12-6-5-9(17)7-11(12)16/h1-8,18H,17H2. The van der Waals surface area contributed by atoms with Crippen molar-refractivity contribution in [2.45, 2.75) is 4.90 Å². The van der Waals surface area contributed by atoms with Gasteiger partial charge in [-0.15, -0.1) is 0 Å². The topological polar surface area (TPSA) is 77.1 Å². The molecule has 3 rings (SSSR count). The molecule has 0 amide bonds. The van der Waals surface area contributed by atoms with Gasteiger partial charge in [-0.2, -0.15) is 0 Å². The molecule has 8 heteroatoms. The molecule has 0 saturated carbocycles. The van der Waals surface area contributed by atoms with Crippen LogP contribution in [0.15, 0.2) is 53.6 Å². The number of halogens is 2. The van der Waals surface area contributed by atoms with Crippen LogP contribution in [0.3, 0.4) is 0 Å². The molecular formula is C14H11ClFN3O2S. The second kappa shape index (κ2) is 5.19. The van der Waals surface area contributed by atoms with Crippen LogP contribution in [0.25, 0.3) is 10.9 Å². The number of nitrogen functional groups attached to an aromatic ring is 1. The molecule has 0 bridgehead atoms. The Hall–Kier alpha value is -2.25. The van der Waals surface area contributed by atoms with Gasteiger partial charge in [0.15, 0.2) is 0 Å². The largest absolute Gasteiger partial charge is 0.399 e. The van der Waals surface area contributed by atoms with Gasteiger partial charge in [-0.25, -0.2) is 12.8 Å². The van der Waals surface area contributed by atoms with Crippen molar-refractivity contribution in [1.29, 1.82) is 0 Å². The van der Waals surface area contributed by atoms with Crippen LogP contribution >= 0.6 is 11.8 Å². The van der Waals surface area contributed by atoms with Crippen LogP contribution < -0.4 is 10.5 Å². The molecule has 0 spiro atoms. The molecule has 114 valence electrons. The van der Waals surface area contributed by atoms with E-state index in [0.29, 0.717) is 10.9 Å². The van der Waals surface area contributed by atoms with Gasteiger partial charge in [-0.3, -0.25) is 8.81 Å². The number of nitrogens with zero attached hydrogens (tertiary/aromatic N) is 1. The molecule has 3 N–H and O–H groups in total. The van der Waals surface area contributed by atoms with Gasteiger partial charge in [0.05, 0.1) is 11.2 Å². The average Bonchev–Trinajstić information content (AvgIpc) is 2.81. The number of anilines is 2. The maximum Gasteiger partial charge on any atom is 0.264 e. The monoisotopic (exact) mass is 339 g/mol. The fraction of sp³-hybridized carbons (Fsp3) is 0. The fourth-order valence-electron chi connectivity index (χ4n) is 2.14. The Balaban J connectivity index is 2.09. The quantitative estimate of drug-likeness (QED) is 0.719. The van der Waals surface area contributed by atoms with Gasteiger partial charge in [0.2, 0.25) is 0 Å². The van der Waals surface area contributed by atoms with E-state index < -0.39 is 15.8 Å². The highest BCUT2D eigenvalue weighted by molar-refractivity contribution is 7.93. The molecule has 0 fully saturated rings. The van der Waals surface area contributed by atoms with Gasteiger partial charge in [0.1, 0.15) is 10.7 Å². The summed E-state index contributed by atoms with van der Waals surface area (Å²) in [6.45, 7) is 0. The number of benzene rings is 2. The Bertz CT molecular complexity index is 969. The lowest BCUT2D eigenvalue weighted by Crippen LogP contribution is -2.13. The van der Waals surface area contributed by atoms with Gasteiger partial charge in [-0.05, 0) is 24.3 Å². The third kappa shape index (κ3) is 2.49. The fourth-order valence-corrected chi connectivity index (χ4v) is 3.71. The number of aromatic nitrogens is 1. The van der Waals surface area contributed by atoms with Gasteiger partial charge in [0, 0.05) is 29.0 Å². The Labute approximate surface area is 131 Å². The number of para-hydroxylation sites is 1. The van der Waals surface area contributed by atoms with Gasteiger partial charge >= 0.3 is 0 Å². The molecule has 0 saturated heterocycles. The molecule has 1 aromatic heterocycles. The molecule has 3 aromatic rings. The van der Waals surface area contributed by atoms with Crippen molar-refractivity contribution < 1.29 is 12.8 Å². The lowest BCUT2D eigenvalue weighted by Gasteiger charge is -2.08. The first-order chi connectivity index (χ1) is 10.4. The second-order valence-electron chi connectivity index (χ2n) is 4.67. The van der Waals surface area contributed by atoms with Crippen LogP contribution in [0.5, 0.6) is 0 Å². The predicted octanol–water partition coefficient (Wildman–Crippen LogP) is 3.17. The highest BCUT2D eigenvalue weighted by Crippen LogP contribution is 2.28. The van der Waals surface area contributed by atoms with Crippen LogP contribution in [-0.2, 0) is 10.0 Å². The summed E-state index contributed by atoms with van der Waals surface area (Å²) in [6, 6.07) is 10.5. The number of hydrogen-bond acceptors (Lipinski definition) is 3. The summed E-state index contributed by atoms with van der Waals surface area (Å²) >= 11 is 5.97. The summed E-state index contributed by atoms with van der Waals surface area (Å²) in [5.41, 5.74) is 6.01. The summed E-state index contributed by atoms with van der Waals surface area (Å²) in [5.74, 6) is -0.752. The maximum atomic E-state index is 13.8. The highest BCUT2D eigenvalue weighted by Gasteiger charge is 2.22. The minimum atomic E-state index is -3.99. The van der Waals surface area contributed by atoms with Crippen molar-refractivity contribution in [3.8, 4) is 0 Å².